The van der Waals surface area contributed by atoms with E-state index in [0.717, 1.165) is 25.8 Å². The van der Waals surface area contributed by atoms with Crippen molar-refractivity contribution in [1.82, 2.24) is 10.2 Å². The maximum Gasteiger partial charge on any atom is 0.237 e. The van der Waals surface area contributed by atoms with Crippen molar-refractivity contribution in [2.75, 3.05) is 19.8 Å². The van der Waals surface area contributed by atoms with Gasteiger partial charge in [-0.1, -0.05) is 13.3 Å². The molecular formula is C18H35ClN2O6S. The number of aliphatic hydroxyl groups is 4. The minimum absolute atomic E-state index is 0. The molecule has 2 heterocycles. The number of likely N-dealkylation sites (N-methyl/N-ethyl adjacent to an activating group) is 1. The molecule has 2 rings (SSSR count). The molecule has 0 aliphatic carbocycles. The third-order valence-electron chi connectivity index (χ3n) is 5.66. The molecule has 0 bridgehead atoms. The zero-order valence-corrected chi connectivity index (χ0v) is 18.5. The van der Waals surface area contributed by atoms with E-state index in [2.05, 4.69) is 12.2 Å². The minimum Gasteiger partial charge on any atom is -0.391 e. The van der Waals surface area contributed by atoms with Gasteiger partial charge in [-0.05, 0) is 39.0 Å². The van der Waals surface area contributed by atoms with Crippen LogP contribution >= 0.6 is 24.2 Å². The first-order chi connectivity index (χ1) is 12.7. The summed E-state index contributed by atoms with van der Waals surface area (Å²) < 4.78 is 5.72. The topological polar surface area (TPSA) is 122 Å². The van der Waals surface area contributed by atoms with Gasteiger partial charge in [-0.25, -0.2) is 0 Å². The van der Waals surface area contributed by atoms with Crippen molar-refractivity contribution >= 4 is 30.1 Å². The number of ether oxygens (including phenoxy) is 1. The molecule has 28 heavy (non-hydrogen) atoms. The van der Waals surface area contributed by atoms with Gasteiger partial charge in [0, 0.05) is 6.54 Å². The molecular weight excluding hydrogens is 408 g/mol. The summed E-state index contributed by atoms with van der Waals surface area (Å²) >= 11 is 1.20. The lowest BCUT2D eigenvalue weighted by Crippen LogP contribution is -2.65. The van der Waals surface area contributed by atoms with E-state index in [9.17, 15) is 25.2 Å². The van der Waals surface area contributed by atoms with Crippen LogP contribution in [0.4, 0.5) is 0 Å². The number of aliphatic hydroxyl groups excluding tert-OH is 4. The molecule has 10 heteroatoms. The maximum absolute atomic E-state index is 12.8. The normalized spacial score (nSPS) is 38.5. The number of amides is 1. The van der Waals surface area contributed by atoms with Crippen molar-refractivity contribution in [1.29, 1.82) is 0 Å². The number of carbonyl (C=O) groups excluding carboxylic acids is 1. The van der Waals surface area contributed by atoms with E-state index in [4.69, 9.17) is 4.74 Å². The van der Waals surface area contributed by atoms with Crippen LogP contribution < -0.4 is 5.32 Å². The highest BCUT2D eigenvalue weighted by molar-refractivity contribution is 7.99. The first-order valence-corrected chi connectivity index (χ1v) is 10.9. The van der Waals surface area contributed by atoms with Crippen LogP contribution in [0.2, 0.25) is 0 Å². The second kappa shape index (κ2) is 11.3. The van der Waals surface area contributed by atoms with E-state index in [0.29, 0.717) is 5.92 Å². The summed E-state index contributed by atoms with van der Waals surface area (Å²) in [7, 11) is 1.91. The molecule has 2 saturated heterocycles. The van der Waals surface area contributed by atoms with E-state index >= 15 is 0 Å². The Labute approximate surface area is 177 Å². The molecule has 5 N–H and O–H groups in total. The van der Waals surface area contributed by atoms with E-state index in [-0.39, 0.29) is 24.4 Å². The van der Waals surface area contributed by atoms with Crippen molar-refractivity contribution < 1.29 is 30.0 Å². The van der Waals surface area contributed by atoms with Crippen LogP contribution in [0.15, 0.2) is 0 Å². The largest absolute Gasteiger partial charge is 0.391 e. The van der Waals surface area contributed by atoms with Crippen LogP contribution in [0.5, 0.6) is 0 Å². The van der Waals surface area contributed by atoms with Gasteiger partial charge >= 0.3 is 0 Å². The van der Waals surface area contributed by atoms with Crippen LogP contribution in [0.3, 0.4) is 0 Å². The third kappa shape index (κ3) is 5.72. The van der Waals surface area contributed by atoms with Gasteiger partial charge in [0.05, 0.1) is 18.2 Å². The molecule has 0 saturated carbocycles. The summed E-state index contributed by atoms with van der Waals surface area (Å²) in [6.07, 6.45) is -1.50. The molecule has 9 atom stereocenters. The van der Waals surface area contributed by atoms with Gasteiger partial charge < -0.3 is 30.5 Å². The number of carbonyl (C=O) groups is 1. The molecule has 166 valence electrons. The summed E-state index contributed by atoms with van der Waals surface area (Å²) in [6.45, 7) is 4.48. The Kier molecular flexibility index (Phi) is 10.5. The predicted molar refractivity (Wildman–Crippen MR) is 110 cm³/mol. The zero-order chi connectivity index (χ0) is 20.3. The lowest BCUT2D eigenvalue weighted by molar-refractivity contribution is -0.211. The Bertz CT molecular complexity index is 501. The van der Waals surface area contributed by atoms with Crippen LogP contribution in [-0.2, 0) is 9.53 Å². The van der Waals surface area contributed by atoms with Crippen molar-refractivity contribution in [3.05, 3.63) is 0 Å². The Morgan fingerprint density at radius 2 is 1.93 bits per heavy atom. The lowest BCUT2D eigenvalue weighted by Gasteiger charge is -2.44. The molecule has 3 unspecified atom stereocenters. The standard InChI is InChI=1S/C18H34N2O6S.ClH/c1-5-6-10-7-11(20(3)8-10)17(25)19-12(9(2)21)16-14(23)13(22)15(24)18(26-16)27-4;/h9-16,18,21-24H,5-8H2,1-4H3,(H,19,25);1H/t9-,10+,11?,12+,13?,14+,15?,16+,18+;/m0./s1. The monoisotopic (exact) mass is 442 g/mol. The van der Waals surface area contributed by atoms with Crippen LogP contribution in [0.1, 0.15) is 33.1 Å². The highest BCUT2D eigenvalue weighted by Gasteiger charge is 2.48. The molecule has 0 aromatic heterocycles. The first kappa shape index (κ1) is 25.9. The Morgan fingerprint density at radius 1 is 1.29 bits per heavy atom. The average Bonchev–Trinajstić information content (AvgIpc) is 2.99. The van der Waals surface area contributed by atoms with Gasteiger partial charge in [-0.15, -0.1) is 24.2 Å². The van der Waals surface area contributed by atoms with Gasteiger partial charge in [0.1, 0.15) is 29.9 Å². The molecule has 0 radical (unpaired) electrons. The van der Waals surface area contributed by atoms with Crippen LogP contribution in [0, 0.1) is 5.92 Å². The third-order valence-corrected chi connectivity index (χ3v) is 6.51. The van der Waals surface area contributed by atoms with Gasteiger partial charge in [0.25, 0.3) is 0 Å². The lowest BCUT2D eigenvalue weighted by atomic mass is 9.92. The van der Waals surface area contributed by atoms with Gasteiger partial charge in [0.2, 0.25) is 5.91 Å². The van der Waals surface area contributed by atoms with Crippen molar-refractivity contribution in [2.45, 2.75) is 81.1 Å². The highest BCUT2D eigenvalue weighted by Crippen LogP contribution is 2.30. The number of nitrogens with zero attached hydrogens (tertiary/aromatic N) is 1. The number of rotatable bonds is 7. The number of nitrogens with one attached hydrogen (secondary N) is 1. The van der Waals surface area contributed by atoms with Crippen molar-refractivity contribution in [2.24, 2.45) is 5.92 Å². The highest BCUT2D eigenvalue weighted by atomic mass is 35.5. The smallest absolute Gasteiger partial charge is 0.237 e. The fourth-order valence-electron chi connectivity index (χ4n) is 4.13. The van der Waals surface area contributed by atoms with Gasteiger partial charge in [0.15, 0.2) is 0 Å². The second-order valence-electron chi connectivity index (χ2n) is 7.80. The molecule has 1 amide bonds. The summed E-state index contributed by atoms with van der Waals surface area (Å²) in [5.41, 5.74) is -0.755. The summed E-state index contributed by atoms with van der Waals surface area (Å²) in [4.78, 5) is 14.9. The predicted octanol–water partition coefficient (Wildman–Crippen LogP) is -0.435. The number of hydrogen-bond acceptors (Lipinski definition) is 8. The van der Waals surface area contributed by atoms with Crippen molar-refractivity contribution in [3.8, 4) is 0 Å². The van der Waals surface area contributed by atoms with E-state index < -0.39 is 42.0 Å². The van der Waals surface area contributed by atoms with Gasteiger partial charge in [-0.2, -0.15) is 0 Å². The van der Waals surface area contributed by atoms with E-state index in [1.807, 2.05) is 11.9 Å². The van der Waals surface area contributed by atoms with Crippen molar-refractivity contribution in [3.63, 3.8) is 0 Å². The molecule has 2 aliphatic rings. The fraction of sp³-hybridized carbons (Fsp3) is 0.944. The first-order valence-electron chi connectivity index (χ1n) is 9.62. The number of likely N-dealkylation sites (tertiary alicyclic amines) is 1. The second-order valence-corrected chi connectivity index (χ2v) is 8.73. The molecule has 0 aromatic rings. The maximum atomic E-state index is 12.8. The minimum atomic E-state index is -1.42. The number of thioether (sulfide) groups is 1. The quantitative estimate of drug-likeness (QED) is 0.360. The van der Waals surface area contributed by atoms with E-state index in [1.54, 1.807) is 6.26 Å². The molecule has 2 aliphatic heterocycles. The Morgan fingerprint density at radius 3 is 2.46 bits per heavy atom. The zero-order valence-electron chi connectivity index (χ0n) is 16.9. The molecule has 0 spiro atoms. The Balaban J connectivity index is 0.00000392. The van der Waals surface area contributed by atoms with Crippen LogP contribution in [-0.4, -0.2) is 99.1 Å². The average molecular weight is 443 g/mol. The summed E-state index contributed by atoms with van der Waals surface area (Å²) in [5, 5.41) is 43.5. The fourth-order valence-corrected chi connectivity index (χ4v) is 4.81. The molecule has 2 fully saturated rings. The van der Waals surface area contributed by atoms with E-state index in [1.165, 1.54) is 18.7 Å². The summed E-state index contributed by atoms with van der Waals surface area (Å²) in [6, 6.07) is -1.20. The number of hydrogen-bond donors (Lipinski definition) is 5. The number of halogens is 1. The van der Waals surface area contributed by atoms with Crippen LogP contribution in [0.25, 0.3) is 0 Å². The summed E-state index contributed by atoms with van der Waals surface area (Å²) in [5.74, 6) is 0.245. The molecule has 8 nitrogen and oxygen atoms in total. The molecule has 0 aromatic carbocycles. The Hall–Kier alpha value is -0.130. The SMILES string of the molecule is CCC[C@@H]1CC(C(=O)N[C@@H]([C@H]2O[C@H](SC)C(O)C(O)[C@H]2O)[C@H](C)O)N(C)C1.Cl. The van der Waals surface area contributed by atoms with Gasteiger partial charge in [-0.3, -0.25) is 9.69 Å².